The Hall–Kier alpha value is -3.82. The van der Waals surface area contributed by atoms with Gasteiger partial charge in [0.15, 0.2) is 17.3 Å². The van der Waals surface area contributed by atoms with Crippen molar-refractivity contribution in [3.05, 3.63) is 120 Å². The highest BCUT2D eigenvalue weighted by molar-refractivity contribution is 9.10. The van der Waals surface area contributed by atoms with Crippen LogP contribution >= 0.6 is 50.7 Å². The lowest BCUT2D eigenvalue weighted by atomic mass is 10.2. The lowest BCUT2D eigenvalue weighted by molar-refractivity contribution is 0.284. The fourth-order valence-electron chi connectivity index (χ4n) is 4.35. The number of aromatic nitrogens is 2. The Morgan fingerprint density at radius 3 is 2.62 bits per heavy atom. The monoisotopic (exact) mass is 681 g/mol. The molecular formula is C31H19BrCl3N3O4. The molecule has 0 spiro atoms. The van der Waals surface area contributed by atoms with Gasteiger partial charge in [-0.1, -0.05) is 53.0 Å². The van der Waals surface area contributed by atoms with E-state index in [0.717, 1.165) is 10.9 Å². The van der Waals surface area contributed by atoms with E-state index in [4.69, 9.17) is 53.7 Å². The Morgan fingerprint density at radius 2 is 1.81 bits per heavy atom. The second-order valence-electron chi connectivity index (χ2n) is 9.17. The summed E-state index contributed by atoms with van der Waals surface area (Å²) in [6, 6.07) is 23.0. The number of methoxy groups -OCH3 is 1. The van der Waals surface area contributed by atoms with Gasteiger partial charge in [0.1, 0.15) is 12.2 Å². The van der Waals surface area contributed by atoms with Crippen LogP contribution in [0, 0.1) is 0 Å². The summed E-state index contributed by atoms with van der Waals surface area (Å²) in [5.74, 6) is 1.58. The Labute approximate surface area is 263 Å². The van der Waals surface area contributed by atoms with Crippen LogP contribution in [0.5, 0.6) is 11.5 Å². The molecule has 0 N–H and O–H groups in total. The van der Waals surface area contributed by atoms with E-state index >= 15 is 0 Å². The standard InChI is InChI=1S/C31H19BrCl3N3O4/c1-40-27-13-19(22(32)14-28(27)41-16-17-6-8-23(34)24(35)10-17)15-36-38-30(37-25-5-3-2-4-21(25)31(38)39)29-12-18-11-20(33)7-9-26(18)42-29/h2-15H,16H2,1H3. The fraction of sp³-hybridized carbons (Fsp3) is 0.0645. The molecule has 0 radical (unpaired) electrons. The third-order valence-electron chi connectivity index (χ3n) is 6.43. The molecule has 0 bridgehead atoms. The first-order valence-electron chi connectivity index (χ1n) is 12.5. The number of fused-ring (bicyclic) bond motifs is 2. The third kappa shape index (κ3) is 5.63. The van der Waals surface area contributed by atoms with Crippen molar-refractivity contribution in [3.63, 3.8) is 0 Å². The van der Waals surface area contributed by atoms with Gasteiger partial charge in [-0.15, -0.1) is 0 Å². The van der Waals surface area contributed by atoms with Crippen molar-refractivity contribution < 1.29 is 13.9 Å². The zero-order valence-electron chi connectivity index (χ0n) is 21.8. The van der Waals surface area contributed by atoms with Gasteiger partial charge in [-0.25, -0.2) is 4.98 Å². The van der Waals surface area contributed by atoms with Crippen LogP contribution in [0.3, 0.4) is 0 Å². The van der Waals surface area contributed by atoms with E-state index in [1.807, 2.05) is 12.1 Å². The summed E-state index contributed by atoms with van der Waals surface area (Å²) < 4.78 is 19.5. The van der Waals surface area contributed by atoms with Gasteiger partial charge in [-0.2, -0.15) is 9.78 Å². The molecular weight excluding hydrogens is 665 g/mol. The molecule has 0 fully saturated rings. The highest BCUT2D eigenvalue weighted by Gasteiger charge is 2.17. The Morgan fingerprint density at radius 1 is 0.976 bits per heavy atom. The van der Waals surface area contributed by atoms with Gasteiger partial charge in [0.25, 0.3) is 5.56 Å². The number of furan rings is 1. The molecule has 0 amide bonds. The van der Waals surface area contributed by atoms with Crippen molar-refractivity contribution in [1.82, 2.24) is 9.66 Å². The number of hydrogen-bond donors (Lipinski definition) is 0. The van der Waals surface area contributed by atoms with Crippen LogP contribution < -0.4 is 15.0 Å². The second kappa shape index (κ2) is 11.8. The summed E-state index contributed by atoms with van der Waals surface area (Å²) in [4.78, 5) is 18.3. The quantitative estimate of drug-likeness (QED) is 0.157. The van der Waals surface area contributed by atoms with Crippen LogP contribution in [-0.4, -0.2) is 23.0 Å². The van der Waals surface area contributed by atoms with Gasteiger partial charge in [0.2, 0.25) is 5.82 Å². The van der Waals surface area contributed by atoms with E-state index in [1.54, 1.807) is 73.8 Å². The zero-order chi connectivity index (χ0) is 29.4. The minimum Gasteiger partial charge on any atom is -0.493 e. The van der Waals surface area contributed by atoms with E-state index < -0.39 is 0 Å². The van der Waals surface area contributed by atoms with Crippen molar-refractivity contribution in [2.75, 3.05) is 7.11 Å². The second-order valence-corrected chi connectivity index (χ2v) is 11.3. The molecule has 4 aromatic carbocycles. The molecule has 0 aliphatic rings. The maximum Gasteiger partial charge on any atom is 0.282 e. The van der Waals surface area contributed by atoms with Crippen molar-refractivity contribution in [2.24, 2.45) is 5.10 Å². The van der Waals surface area contributed by atoms with E-state index in [1.165, 1.54) is 10.9 Å². The van der Waals surface area contributed by atoms with E-state index in [9.17, 15) is 4.79 Å². The van der Waals surface area contributed by atoms with Crippen LogP contribution in [0.2, 0.25) is 15.1 Å². The number of para-hydroxylation sites is 1. The van der Waals surface area contributed by atoms with Gasteiger partial charge in [0.05, 0.1) is 34.3 Å². The highest BCUT2D eigenvalue weighted by Crippen LogP contribution is 2.34. The minimum absolute atomic E-state index is 0.243. The molecule has 0 aliphatic carbocycles. The molecule has 0 saturated heterocycles. The number of rotatable bonds is 7. The van der Waals surface area contributed by atoms with Crippen molar-refractivity contribution in [1.29, 1.82) is 0 Å². The summed E-state index contributed by atoms with van der Waals surface area (Å²) in [5, 5.41) is 7.22. The van der Waals surface area contributed by atoms with Crippen LogP contribution in [0.25, 0.3) is 33.5 Å². The maximum atomic E-state index is 13.6. The molecule has 6 aromatic rings. The molecule has 0 saturated carbocycles. The SMILES string of the molecule is COc1cc(C=Nn2c(-c3cc4cc(Cl)ccc4o3)nc3ccccc3c2=O)c(Br)cc1OCc1ccc(Cl)c(Cl)c1. The average molecular weight is 684 g/mol. The summed E-state index contributed by atoms with van der Waals surface area (Å²) in [6.07, 6.45) is 1.54. The van der Waals surface area contributed by atoms with E-state index in [-0.39, 0.29) is 18.0 Å². The molecule has 42 heavy (non-hydrogen) atoms. The largest absolute Gasteiger partial charge is 0.493 e. The van der Waals surface area contributed by atoms with Crippen molar-refractivity contribution in [2.45, 2.75) is 6.61 Å². The smallest absolute Gasteiger partial charge is 0.282 e. The first-order valence-corrected chi connectivity index (χ1v) is 14.4. The van der Waals surface area contributed by atoms with Gasteiger partial charge in [-0.3, -0.25) is 4.79 Å². The molecule has 11 heteroatoms. The molecule has 0 unspecified atom stereocenters. The maximum absolute atomic E-state index is 13.6. The molecule has 7 nitrogen and oxygen atoms in total. The zero-order valence-corrected chi connectivity index (χ0v) is 25.6. The number of halogens is 4. The lowest BCUT2D eigenvalue weighted by Crippen LogP contribution is -2.20. The van der Waals surface area contributed by atoms with Crippen LogP contribution in [-0.2, 0) is 6.61 Å². The van der Waals surface area contributed by atoms with Crippen molar-refractivity contribution in [3.8, 4) is 23.1 Å². The number of hydrogen-bond acceptors (Lipinski definition) is 6. The molecule has 0 aliphatic heterocycles. The fourth-order valence-corrected chi connectivity index (χ4v) is 5.27. The average Bonchev–Trinajstić information content (AvgIpc) is 3.41. The molecule has 6 rings (SSSR count). The third-order valence-corrected chi connectivity index (χ3v) is 8.09. The predicted molar refractivity (Wildman–Crippen MR) is 171 cm³/mol. The summed E-state index contributed by atoms with van der Waals surface area (Å²) in [5.41, 5.74) is 2.26. The molecule has 2 heterocycles. The summed E-state index contributed by atoms with van der Waals surface area (Å²) in [7, 11) is 1.54. The molecule has 2 aromatic heterocycles. The highest BCUT2D eigenvalue weighted by atomic mass is 79.9. The van der Waals surface area contributed by atoms with Gasteiger partial charge in [-0.05, 0) is 82.2 Å². The number of benzene rings is 4. The first kappa shape index (κ1) is 28.3. The van der Waals surface area contributed by atoms with Gasteiger partial charge >= 0.3 is 0 Å². The number of nitrogens with zero attached hydrogens (tertiary/aromatic N) is 3. The minimum atomic E-state index is -0.352. The van der Waals surface area contributed by atoms with Crippen LogP contribution in [0.15, 0.2) is 97.6 Å². The first-order chi connectivity index (χ1) is 20.3. The van der Waals surface area contributed by atoms with Crippen LogP contribution in [0.4, 0.5) is 0 Å². The summed E-state index contributed by atoms with van der Waals surface area (Å²) >= 11 is 21.9. The van der Waals surface area contributed by atoms with E-state index in [0.29, 0.717) is 58.8 Å². The summed E-state index contributed by atoms with van der Waals surface area (Å²) in [6.45, 7) is 0.247. The predicted octanol–water partition coefficient (Wildman–Crippen LogP) is 9.00. The normalized spacial score (nSPS) is 11.5. The molecule has 0 atom stereocenters. The Bertz CT molecular complexity index is 2070. The van der Waals surface area contributed by atoms with E-state index in [2.05, 4.69) is 21.0 Å². The topological polar surface area (TPSA) is 78.9 Å². The number of ether oxygens (including phenoxy) is 2. The van der Waals surface area contributed by atoms with Gasteiger partial charge in [0, 0.05) is 20.4 Å². The molecule has 210 valence electrons. The Kier molecular flexibility index (Phi) is 7.96. The van der Waals surface area contributed by atoms with Crippen molar-refractivity contribution >= 4 is 78.8 Å². The van der Waals surface area contributed by atoms with Crippen LogP contribution in [0.1, 0.15) is 11.1 Å². The lowest BCUT2D eigenvalue weighted by Gasteiger charge is -2.13. The Balaban J connectivity index is 1.38. The van der Waals surface area contributed by atoms with Gasteiger partial charge < -0.3 is 13.9 Å².